The molecular formula is C37H52ClN3O5. The molecule has 0 fully saturated rings. The minimum atomic E-state index is -1.62. The third-order valence-electron chi connectivity index (χ3n) is 8.11. The van der Waals surface area contributed by atoms with E-state index in [1.807, 2.05) is 30.3 Å². The van der Waals surface area contributed by atoms with Crippen molar-refractivity contribution in [3.05, 3.63) is 75.8 Å². The zero-order valence-corrected chi connectivity index (χ0v) is 28.8. The van der Waals surface area contributed by atoms with Gasteiger partial charge >= 0.3 is 5.69 Å². The normalized spacial score (nSPS) is 12.2. The number of aromatic hydroxyl groups is 1. The Hall–Kier alpha value is -3.52. The third-order valence-corrected chi connectivity index (χ3v) is 8.35. The highest BCUT2D eigenvalue weighted by molar-refractivity contribution is 6.31. The zero-order chi connectivity index (χ0) is 33.5. The van der Waals surface area contributed by atoms with Crippen LogP contribution in [0.3, 0.4) is 0 Å². The molecule has 0 aliphatic carbocycles. The van der Waals surface area contributed by atoms with E-state index in [4.69, 9.17) is 16.3 Å². The van der Waals surface area contributed by atoms with Crippen LogP contribution in [0, 0.1) is 5.41 Å². The predicted molar refractivity (Wildman–Crippen MR) is 186 cm³/mol. The van der Waals surface area contributed by atoms with Gasteiger partial charge in [-0.15, -0.1) is 0 Å². The van der Waals surface area contributed by atoms with Gasteiger partial charge in [0, 0.05) is 10.4 Å². The quantitative estimate of drug-likeness (QED) is 0.0936. The van der Waals surface area contributed by atoms with Crippen LogP contribution in [0.5, 0.6) is 11.6 Å². The maximum absolute atomic E-state index is 13.8. The Bertz CT molecular complexity index is 1440. The van der Waals surface area contributed by atoms with Gasteiger partial charge in [-0.3, -0.25) is 14.2 Å². The average Bonchev–Trinajstić information content (AvgIpc) is 3.28. The molecule has 9 heteroatoms. The van der Waals surface area contributed by atoms with E-state index >= 15 is 0 Å². The van der Waals surface area contributed by atoms with Crippen LogP contribution in [-0.2, 0) is 16.1 Å². The second-order valence-electron chi connectivity index (χ2n) is 13.1. The molecule has 8 nitrogen and oxygen atoms in total. The van der Waals surface area contributed by atoms with Crippen molar-refractivity contribution >= 4 is 29.0 Å². The summed E-state index contributed by atoms with van der Waals surface area (Å²) in [6, 6.07) is 12.5. The molecule has 3 rings (SSSR count). The first-order valence-corrected chi connectivity index (χ1v) is 17.2. The molecule has 3 aromatic rings. The van der Waals surface area contributed by atoms with Crippen LogP contribution in [-0.4, -0.2) is 32.5 Å². The third kappa shape index (κ3) is 11.4. The number of rotatable bonds is 20. The van der Waals surface area contributed by atoms with Crippen LogP contribution in [0.4, 0.5) is 5.69 Å². The summed E-state index contributed by atoms with van der Waals surface area (Å²) < 4.78 is 8.17. The van der Waals surface area contributed by atoms with E-state index in [-0.39, 0.29) is 6.54 Å². The smallest absolute Gasteiger partial charge is 0.332 e. The van der Waals surface area contributed by atoms with Crippen LogP contribution in [0.1, 0.15) is 116 Å². The molecule has 0 saturated carbocycles. The SMILES string of the molecule is CCCCCCCCCCCCCCOc1ccc(Cl)cc1NC(=O)C(C(=O)C(C)(C)C)n1c(O)cn(Cc2ccccc2)c1=O. The summed E-state index contributed by atoms with van der Waals surface area (Å²) in [7, 11) is 0. The Labute approximate surface area is 279 Å². The standard InChI is InChI=1S/C37H52ClN3O5/c1-5-6-7-8-9-10-11-12-13-14-15-19-24-46-31-23-22-29(38)25-30(31)39-35(44)33(34(43)37(2,3)4)41-32(42)27-40(36(41)45)26-28-20-17-16-18-21-28/h16-18,20-23,25,27,33,42H,5-15,19,24,26H2,1-4H3,(H,39,44). The molecule has 0 saturated heterocycles. The number of hydrogen-bond acceptors (Lipinski definition) is 5. The van der Waals surface area contributed by atoms with Crippen LogP contribution in [0.25, 0.3) is 0 Å². The number of unbranched alkanes of at least 4 members (excludes halogenated alkanes) is 11. The number of imidazole rings is 1. The number of amides is 1. The first-order chi connectivity index (χ1) is 22.0. The molecule has 0 radical (unpaired) electrons. The van der Waals surface area contributed by atoms with Gasteiger partial charge in [0.1, 0.15) is 5.75 Å². The van der Waals surface area contributed by atoms with Crippen molar-refractivity contribution in [3.63, 3.8) is 0 Å². The van der Waals surface area contributed by atoms with Crippen molar-refractivity contribution in [2.24, 2.45) is 5.41 Å². The number of benzene rings is 2. The molecule has 0 aliphatic heterocycles. The lowest BCUT2D eigenvalue weighted by Crippen LogP contribution is -2.43. The Kier molecular flexibility index (Phi) is 14.9. The van der Waals surface area contributed by atoms with Crippen molar-refractivity contribution in [3.8, 4) is 11.6 Å². The molecule has 2 N–H and O–H groups in total. The summed E-state index contributed by atoms with van der Waals surface area (Å²) in [6.45, 7) is 7.89. The number of ether oxygens (including phenoxy) is 1. The van der Waals surface area contributed by atoms with E-state index in [0.29, 0.717) is 23.1 Å². The monoisotopic (exact) mass is 653 g/mol. The Morgan fingerprint density at radius 3 is 2.07 bits per heavy atom. The number of carbonyl (C=O) groups is 2. The summed E-state index contributed by atoms with van der Waals surface area (Å²) >= 11 is 6.28. The van der Waals surface area contributed by atoms with Gasteiger partial charge in [0.05, 0.1) is 25.0 Å². The highest BCUT2D eigenvalue weighted by atomic mass is 35.5. The average molecular weight is 654 g/mol. The van der Waals surface area contributed by atoms with Gasteiger partial charge in [-0.2, -0.15) is 0 Å². The molecule has 1 unspecified atom stereocenters. The van der Waals surface area contributed by atoms with E-state index in [0.717, 1.165) is 29.4 Å². The van der Waals surface area contributed by atoms with E-state index in [1.54, 1.807) is 39.0 Å². The molecule has 0 aliphatic rings. The fourth-order valence-corrected chi connectivity index (χ4v) is 5.62. The minimum Gasteiger partial charge on any atom is -0.493 e. The molecule has 1 aromatic heterocycles. The second kappa shape index (κ2) is 18.6. The van der Waals surface area contributed by atoms with Gasteiger partial charge in [-0.1, -0.05) is 140 Å². The van der Waals surface area contributed by atoms with Crippen molar-refractivity contribution in [2.45, 2.75) is 117 Å². The predicted octanol–water partition coefficient (Wildman–Crippen LogP) is 8.93. The Morgan fingerprint density at radius 2 is 1.48 bits per heavy atom. The van der Waals surface area contributed by atoms with Crippen molar-refractivity contribution in [1.82, 2.24) is 9.13 Å². The molecule has 2 aromatic carbocycles. The molecule has 0 spiro atoms. The lowest BCUT2D eigenvalue weighted by atomic mass is 9.86. The number of ketones is 1. The summed E-state index contributed by atoms with van der Waals surface area (Å²) in [5.41, 5.74) is -0.538. The second-order valence-corrected chi connectivity index (χ2v) is 13.6. The van der Waals surface area contributed by atoms with Gasteiger partial charge in [-0.25, -0.2) is 9.36 Å². The topological polar surface area (TPSA) is 103 Å². The first kappa shape index (κ1) is 36.9. The molecular weight excluding hydrogens is 602 g/mol. The number of nitrogens with one attached hydrogen (secondary N) is 1. The first-order valence-electron chi connectivity index (χ1n) is 16.8. The maximum Gasteiger partial charge on any atom is 0.332 e. The lowest BCUT2D eigenvalue weighted by Gasteiger charge is -2.25. The number of nitrogens with zero attached hydrogens (tertiary/aromatic N) is 2. The van der Waals surface area contributed by atoms with Crippen LogP contribution in [0.15, 0.2) is 59.5 Å². The van der Waals surface area contributed by atoms with Crippen LogP contribution >= 0.6 is 11.6 Å². The largest absolute Gasteiger partial charge is 0.493 e. The highest BCUT2D eigenvalue weighted by Gasteiger charge is 2.39. The van der Waals surface area contributed by atoms with Crippen molar-refractivity contribution in [2.75, 3.05) is 11.9 Å². The summed E-state index contributed by atoms with van der Waals surface area (Å²) in [5, 5.41) is 14.0. The fourth-order valence-electron chi connectivity index (χ4n) is 5.45. The Morgan fingerprint density at radius 1 is 0.891 bits per heavy atom. The number of aromatic nitrogens is 2. The molecule has 46 heavy (non-hydrogen) atoms. The van der Waals surface area contributed by atoms with Crippen molar-refractivity contribution in [1.29, 1.82) is 0 Å². The van der Waals surface area contributed by atoms with Gasteiger partial charge in [-0.05, 0) is 30.2 Å². The van der Waals surface area contributed by atoms with Gasteiger partial charge in [0.15, 0.2) is 11.8 Å². The van der Waals surface area contributed by atoms with E-state index < -0.39 is 34.7 Å². The number of halogens is 1. The van der Waals surface area contributed by atoms with Gasteiger partial charge in [0.25, 0.3) is 5.91 Å². The molecule has 0 bridgehead atoms. The minimum absolute atomic E-state index is 0.170. The summed E-state index contributed by atoms with van der Waals surface area (Å²) in [6.07, 6.45) is 16.1. The van der Waals surface area contributed by atoms with E-state index in [1.165, 1.54) is 68.6 Å². The van der Waals surface area contributed by atoms with Gasteiger partial charge in [0.2, 0.25) is 5.88 Å². The number of Topliss-reactive ketones (excluding diaryl/α,β-unsaturated/α-hetero) is 1. The maximum atomic E-state index is 13.8. The molecule has 1 amide bonds. The number of hydrogen-bond donors (Lipinski definition) is 2. The van der Waals surface area contributed by atoms with E-state index in [9.17, 15) is 19.5 Å². The molecule has 1 heterocycles. The van der Waals surface area contributed by atoms with Crippen LogP contribution < -0.4 is 15.7 Å². The Balaban J connectivity index is 1.64. The lowest BCUT2D eigenvalue weighted by molar-refractivity contribution is -0.135. The number of anilines is 1. The van der Waals surface area contributed by atoms with Crippen LogP contribution in [0.2, 0.25) is 5.02 Å². The summed E-state index contributed by atoms with van der Waals surface area (Å²) in [4.78, 5) is 40.9. The number of carbonyl (C=O) groups excluding carboxylic acids is 2. The van der Waals surface area contributed by atoms with Gasteiger partial charge < -0.3 is 15.2 Å². The summed E-state index contributed by atoms with van der Waals surface area (Å²) in [5.74, 6) is -1.36. The molecule has 1 atom stereocenters. The fraction of sp³-hybridized carbons (Fsp3) is 0.541. The zero-order valence-electron chi connectivity index (χ0n) is 28.0. The highest BCUT2D eigenvalue weighted by Crippen LogP contribution is 2.32. The van der Waals surface area contributed by atoms with Crippen molar-refractivity contribution < 1.29 is 19.4 Å². The molecule has 252 valence electrons. The van der Waals surface area contributed by atoms with E-state index in [2.05, 4.69) is 12.2 Å².